The number of hydrogen-bond donors (Lipinski definition) is 2. The first-order chi connectivity index (χ1) is 17.2. The lowest BCUT2D eigenvalue weighted by molar-refractivity contribution is -0.122. The first-order valence-corrected chi connectivity index (χ1v) is 11.2. The van der Waals surface area contributed by atoms with E-state index in [0.29, 0.717) is 15.1 Å². The predicted octanol–water partition coefficient (Wildman–Crippen LogP) is 4.41. The lowest BCUT2D eigenvalue weighted by Gasteiger charge is -2.26. The van der Waals surface area contributed by atoms with Crippen molar-refractivity contribution in [2.75, 3.05) is 16.8 Å². The molecule has 1 aliphatic rings. The second-order valence-electron chi connectivity index (χ2n) is 7.46. The number of carbonyl (C=O) groups excluding carboxylic acids is 4. The molecule has 0 saturated carbocycles. The van der Waals surface area contributed by atoms with Crippen LogP contribution in [0.3, 0.4) is 0 Å². The Morgan fingerprint density at radius 2 is 1.61 bits per heavy atom. The third-order valence-electron chi connectivity index (χ3n) is 4.94. The van der Waals surface area contributed by atoms with Crippen molar-refractivity contribution in [3.63, 3.8) is 0 Å². The molecule has 5 amide bonds. The number of ether oxygens (including phenoxy) is 1. The first-order valence-electron chi connectivity index (χ1n) is 10.4. The van der Waals surface area contributed by atoms with Crippen LogP contribution in [-0.4, -0.2) is 30.4 Å². The molecule has 1 saturated heterocycles. The smallest absolute Gasteiger partial charge is 0.335 e. The molecule has 0 aliphatic carbocycles. The topological polar surface area (TPSA) is 105 Å². The monoisotopic (exact) mass is 555 g/mol. The summed E-state index contributed by atoms with van der Waals surface area (Å²) in [7, 11) is 0. The largest absolute Gasteiger partial charge is 0.483 e. The van der Waals surface area contributed by atoms with Crippen molar-refractivity contribution in [3.05, 3.63) is 94.0 Å². The average molecular weight is 556 g/mol. The van der Waals surface area contributed by atoms with Gasteiger partial charge in [0, 0.05) is 15.7 Å². The molecule has 1 fully saturated rings. The van der Waals surface area contributed by atoms with E-state index < -0.39 is 42.0 Å². The maximum atomic E-state index is 13.3. The molecular formula is C25H16BrF2N3O5. The number of barbiturate groups is 1. The average Bonchev–Trinajstić information content (AvgIpc) is 2.84. The van der Waals surface area contributed by atoms with Crippen molar-refractivity contribution in [2.24, 2.45) is 0 Å². The number of anilines is 2. The highest BCUT2D eigenvalue weighted by molar-refractivity contribution is 9.10. The molecule has 0 aromatic heterocycles. The van der Waals surface area contributed by atoms with Crippen molar-refractivity contribution in [1.82, 2.24) is 5.32 Å². The molecule has 4 rings (SSSR count). The summed E-state index contributed by atoms with van der Waals surface area (Å²) in [6, 6.07) is 13.5. The van der Waals surface area contributed by atoms with Crippen molar-refractivity contribution in [3.8, 4) is 5.75 Å². The second kappa shape index (κ2) is 10.5. The molecule has 182 valence electrons. The van der Waals surface area contributed by atoms with Crippen molar-refractivity contribution < 1.29 is 32.7 Å². The third kappa shape index (κ3) is 5.63. The number of urea groups is 1. The van der Waals surface area contributed by atoms with Crippen LogP contribution in [0.25, 0.3) is 6.08 Å². The maximum absolute atomic E-state index is 13.3. The fourth-order valence-corrected chi connectivity index (χ4v) is 3.65. The van der Waals surface area contributed by atoms with Crippen LogP contribution in [0.2, 0.25) is 0 Å². The summed E-state index contributed by atoms with van der Waals surface area (Å²) in [5.41, 5.74) is 0.335. The molecule has 0 atom stereocenters. The van der Waals surface area contributed by atoms with Gasteiger partial charge in [-0.25, -0.2) is 18.5 Å². The number of nitrogens with zero attached hydrogens (tertiary/aromatic N) is 1. The van der Waals surface area contributed by atoms with Crippen LogP contribution < -0.4 is 20.3 Å². The summed E-state index contributed by atoms with van der Waals surface area (Å²) >= 11 is 3.31. The number of carbonyl (C=O) groups is 4. The molecule has 11 heteroatoms. The highest BCUT2D eigenvalue weighted by atomic mass is 79.9. The van der Waals surface area contributed by atoms with Gasteiger partial charge in [0.15, 0.2) is 6.61 Å². The highest BCUT2D eigenvalue weighted by Gasteiger charge is 2.37. The molecule has 1 aliphatic heterocycles. The van der Waals surface area contributed by atoms with Gasteiger partial charge in [0.25, 0.3) is 17.7 Å². The summed E-state index contributed by atoms with van der Waals surface area (Å²) < 4.78 is 32.5. The van der Waals surface area contributed by atoms with E-state index in [2.05, 4.69) is 26.6 Å². The van der Waals surface area contributed by atoms with E-state index in [4.69, 9.17) is 4.74 Å². The van der Waals surface area contributed by atoms with Crippen LogP contribution in [0.4, 0.5) is 25.0 Å². The van der Waals surface area contributed by atoms with Gasteiger partial charge in [0.2, 0.25) is 0 Å². The fourth-order valence-electron chi connectivity index (χ4n) is 3.27. The second-order valence-corrected chi connectivity index (χ2v) is 8.38. The Hall–Kier alpha value is -4.38. The third-order valence-corrected chi connectivity index (χ3v) is 5.44. The zero-order valence-electron chi connectivity index (χ0n) is 18.3. The van der Waals surface area contributed by atoms with E-state index in [1.165, 1.54) is 48.5 Å². The molecule has 3 aromatic carbocycles. The molecular weight excluding hydrogens is 540 g/mol. The van der Waals surface area contributed by atoms with Crippen molar-refractivity contribution in [1.29, 1.82) is 0 Å². The van der Waals surface area contributed by atoms with Crippen LogP contribution in [0, 0.1) is 11.6 Å². The van der Waals surface area contributed by atoms with E-state index in [0.717, 1.165) is 12.1 Å². The van der Waals surface area contributed by atoms with Gasteiger partial charge in [-0.15, -0.1) is 0 Å². The number of benzene rings is 3. The number of hydrogen-bond acceptors (Lipinski definition) is 5. The first kappa shape index (κ1) is 24.7. The molecule has 0 unspecified atom stereocenters. The predicted molar refractivity (Wildman–Crippen MR) is 130 cm³/mol. The van der Waals surface area contributed by atoms with Gasteiger partial charge in [-0.3, -0.25) is 19.7 Å². The van der Waals surface area contributed by atoms with E-state index in [1.54, 1.807) is 12.1 Å². The van der Waals surface area contributed by atoms with Crippen molar-refractivity contribution in [2.45, 2.75) is 0 Å². The Bertz CT molecular complexity index is 1390. The van der Waals surface area contributed by atoms with E-state index in [9.17, 15) is 28.0 Å². The van der Waals surface area contributed by atoms with Crippen LogP contribution in [0.1, 0.15) is 5.56 Å². The molecule has 8 nitrogen and oxygen atoms in total. The van der Waals surface area contributed by atoms with Gasteiger partial charge in [-0.2, -0.15) is 0 Å². The Balaban J connectivity index is 1.57. The molecule has 3 aromatic rings. The summed E-state index contributed by atoms with van der Waals surface area (Å²) in [5, 5.41) is 4.63. The van der Waals surface area contributed by atoms with E-state index in [1.807, 2.05) is 0 Å². The Morgan fingerprint density at radius 3 is 2.28 bits per heavy atom. The molecule has 0 radical (unpaired) electrons. The summed E-state index contributed by atoms with van der Waals surface area (Å²) in [5.74, 6) is -3.21. The van der Waals surface area contributed by atoms with Gasteiger partial charge >= 0.3 is 6.03 Å². The molecule has 0 bridgehead atoms. The molecule has 0 spiro atoms. The minimum Gasteiger partial charge on any atom is -0.483 e. The molecule has 1 heterocycles. The summed E-state index contributed by atoms with van der Waals surface area (Å²) in [6.45, 7) is -0.421. The zero-order valence-corrected chi connectivity index (χ0v) is 19.8. The quantitative estimate of drug-likeness (QED) is 0.346. The van der Waals surface area contributed by atoms with Crippen LogP contribution >= 0.6 is 15.9 Å². The lowest BCUT2D eigenvalue weighted by atomic mass is 10.1. The van der Waals surface area contributed by atoms with Crippen LogP contribution in [-0.2, 0) is 14.4 Å². The maximum Gasteiger partial charge on any atom is 0.335 e. The van der Waals surface area contributed by atoms with Gasteiger partial charge in [-0.05, 0) is 72.8 Å². The molecule has 36 heavy (non-hydrogen) atoms. The van der Waals surface area contributed by atoms with E-state index >= 15 is 0 Å². The van der Waals surface area contributed by atoms with Gasteiger partial charge in [0.1, 0.15) is 23.0 Å². The SMILES string of the molecule is O=C(COc1ccc(Br)cc1/C=C1\C(=O)NC(=O)N(c2ccc(F)cc2)C1=O)Nc1ccc(F)cc1. The minimum atomic E-state index is -0.975. The van der Waals surface area contributed by atoms with Crippen LogP contribution in [0.15, 0.2) is 76.8 Å². The number of rotatable bonds is 6. The van der Waals surface area contributed by atoms with Crippen molar-refractivity contribution >= 4 is 57.1 Å². The van der Waals surface area contributed by atoms with Crippen LogP contribution in [0.5, 0.6) is 5.75 Å². The standard InChI is InChI=1S/C25H16BrF2N3O5/c26-15-1-10-21(36-13-22(32)29-18-6-2-16(27)3-7-18)14(11-15)12-20-23(33)30-25(35)31(24(20)34)19-8-4-17(28)5-9-19/h1-12H,13H2,(H,29,32)(H,30,33,35)/b20-12+. The molecule has 2 N–H and O–H groups in total. The Labute approximate surface area is 211 Å². The Kier molecular flexibility index (Phi) is 7.20. The fraction of sp³-hybridized carbons (Fsp3) is 0.0400. The highest BCUT2D eigenvalue weighted by Crippen LogP contribution is 2.28. The number of imide groups is 2. The normalized spacial score (nSPS) is 14.6. The number of halogens is 3. The van der Waals surface area contributed by atoms with Gasteiger partial charge in [0.05, 0.1) is 5.69 Å². The minimum absolute atomic E-state index is 0.0699. The Morgan fingerprint density at radius 1 is 0.972 bits per heavy atom. The van der Waals surface area contributed by atoms with Gasteiger partial charge in [-0.1, -0.05) is 15.9 Å². The van der Waals surface area contributed by atoms with E-state index in [-0.39, 0.29) is 22.6 Å². The summed E-state index contributed by atoms with van der Waals surface area (Å²) in [4.78, 5) is 50.8. The summed E-state index contributed by atoms with van der Waals surface area (Å²) in [6.07, 6.45) is 1.22. The number of amides is 5. The lowest BCUT2D eigenvalue weighted by Crippen LogP contribution is -2.54. The number of nitrogens with one attached hydrogen (secondary N) is 2. The zero-order chi connectivity index (χ0) is 25.8. The van der Waals surface area contributed by atoms with Gasteiger partial charge < -0.3 is 10.1 Å².